The van der Waals surface area contributed by atoms with Gasteiger partial charge in [-0.05, 0) is 18.9 Å². The molecule has 26 heavy (non-hydrogen) atoms. The first-order chi connectivity index (χ1) is 12.7. The predicted molar refractivity (Wildman–Crippen MR) is 96.2 cm³/mol. The van der Waals surface area contributed by atoms with Gasteiger partial charge in [0.25, 0.3) is 5.91 Å². The Labute approximate surface area is 149 Å². The summed E-state index contributed by atoms with van der Waals surface area (Å²) in [6, 6.07) is 10.4. The number of nitrogens with zero attached hydrogens (tertiary/aromatic N) is 3. The molecule has 1 aliphatic heterocycles. The lowest BCUT2D eigenvalue weighted by atomic mass is 10.0. The smallest absolute Gasteiger partial charge is 0.254 e. The van der Waals surface area contributed by atoms with Crippen molar-refractivity contribution in [2.45, 2.75) is 18.9 Å². The van der Waals surface area contributed by atoms with E-state index in [-0.39, 0.29) is 17.6 Å². The van der Waals surface area contributed by atoms with Gasteiger partial charge in [0, 0.05) is 35.8 Å². The maximum Gasteiger partial charge on any atom is 0.254 e. The van der Waals surface area contributed by atoms with E-state index in [1.165, 1.54) is 12.4 Å². The van der Waals surface area contributed by atoms with E-state index in [9.17, 15) is 9.59 Å². The molecule has 3 aromatic rings. The Hall–Kier alpha value is -3.22. The summed E-state index contributed by atoms with van der Waals surface area (Å²) in [4.78, 5) is 37.4. The van der Waals surface area contributed by atoms with Crippen LogP contribution in [0.4, 0.5) is 0 Å². The number of fused-ring (bicyclic) bond motifs is 1. The lowest BCUT2D eigenvalue weighted by molar-refractivity contribution is 0.0529. The number of aromatic nitrogens is 3. The number of piperidine rings is 1. The van der Waals surface area contributed by atoms with Crippen LogP contribution in [-0.4, -0.2) is 45.0 Å². The van der Waals surface area contributed by atoms with E-state index in [1.807, 2.05) is 18.2 Å². The average molecular weight is 350 g/mol. The number of carbonyl (C=O) groups excluding carboxylic acids is 1. The van der Waals surface area contributed by atoms with Gasteiger partial charge in [-0.2, -0.15) is 0 Å². The second-order valence-electron chi connectivity index (χ2n) is 6.27. The minimum absolute atomic E-state index is 0.129. The maximum absolute atomic E-state index is 13.1. The molecule has 1 N–H and O–H groups in total. The van der Waals surface area contributed by atoms with Crippen molar-refractivity contribution in [1.82, 2.24) is 19.9 Å². The van der Waals surface area contributed by atoms with Crippen LogP contribution < -0.4 is 10.3 Å². The summed E-state index contributed by atoms with van der Waals surface area (Å²) in [5, 5.41) is 0.746. The van der Waals surface area contributed by atoms with Crippen LogP contribution in [0.2, 0.25) is 0 Å². The Morgan fingerprint density at radius 1 is 1.27 bits per heavy atom. The van der Waals surface area contributed by atoms with Crippen LogP contribution in [0.3, 0.4) is 0 Å². The second-order valence-corrected chi connectivity index (χ2v) is 6.27. The van der Waals surface area contributed by atoms with Gasteiger partial charge in [0.05, 0.1) is 12.1 Å². The topological polar surface area (TPSA) is 88.2 Å². The highest BCUT2D eigenvalue weighted by Gasteiger charge is 2.27. The van der Waals surface area contributed by atoms with Crippen molar-refractivity contribution in [1.29, 1.82) is 0 Å². The van der Waals surface area contributed by atoms with Crippen molar-refractivity contribution in [2.24, 2.45) is 0 Å². The van der Waals surface area contributed by atoms with Gasteiger partial charge in [0.1, 0.15) is 12.4 Å². The molecular weight excluding hydrogens is 332 g/mol. The number of rotatable bonds is 3. The molecule has 0 spiro atoms. The van der Waals surface area contributed by atoms with Crippen LogP contribution in [-0.2, 0) is 0 Å². The summed E-state index contributed by atoms with van der Waals surface area (Å²) >= 11 is 0. The normalized spacial score (nSPS) is 17.2. The van der Waals surface area contributed by atoms with Gasteiger partial charge in [0.15, 0.2) is 0 Å². The Balaban J connectivity index is 1.57. The van der Waals surface area contributed by atoms with Crippen LogP contribution in [0.1, 0.15) is 23.2 Å². The zero-order valence-electron chi connectivity index (χ0n) is 14.1. The number of hydrogen-bond donors (Lipinski definition) is 1. The number of benzene rings is 1. The molecule has 7 nitrogen and oxygen atoms in total. The average Bonchev–Trinajstić information content (AvgIpc) is 2.68. The molecule has 132 valence electrons. The number of amides is 1. The molecule has 2 aromatic heterocycles. The molecule has 0 bridgehead atoms. The third-order valence-electron chi connectivity index (χ3n) is 4.49. The van der Waals surface area contributed by atoms with E-state index in [0.717, 1.165) is 18.2 Å². The fraction of sp³-hybridized carbons (Fsp3) is 0.263. The third kappa shape index (κ3) is 3.28. The quantitative estimate of drug-likeness (QED) is 0.780. The third-order valence-corrected chi connectivity index (χ3v) is 4.49. The Kier molecular flexibility index (Phi) is 4.35. The summed E-state index contributed by atoms with van der Waals surface area (Å²) in [5.41, 5.74) is 0.805. The molecule has 1 aromatic carbocycles. The number of carbonyl (C=O) groups is 1. The fourth-order valence-corrected chi connectivity index (χ4v) is 3.29. The molecule has 7 heteroatoms. The second kappa shape index (κ2) is 6.95. The molecule has 1 amide bonds. The number of H-pyrrole nitrogens is 1. The number of hydrogen-bond acceptors (Lipinski definition) is 5. The SMILES string of the molecule is O=C(c1cc(=O)[nH]c2ccccc12)N1CCCC(Oc2ccncn2)C1. The van der Waals surface area contributed by atoms with Crippen LogP contribution in [0, 0.1) is 0 Å². The number of ether oxygens (including phenoxy) is 1. The molecule has 1 atom stereocenters. The largest absolute Gasteiger partial charge is 0.472 e. The van der Waals surface area contributed by atoms with Gasteiger partial charge in [-0.3, -0.25) is 9.59 Å². The number of likely N-dealkylation sites (tertiary alicyclic amines) is 1. The Bertz CT molecular complexity index is 987. The van der Waals surface area contributed by atoms with Crippen molar-refractivity contribution < 1.29 is 9.53 Å². The number of para-hydroxylation sites is 1. The lowest BCUT2D eigenvalue weighted by Gasteiger charge is -2.32. The number of aromatic amines is 1. The van der Waals surface area contributed by atoms with Gasteiger partial charge >= 0.3 is 0 Å². The van der Waals surface area contributed by atoms with Crippen molar-refractivity contribution >= 4 is 16.8 Å². The Morgan fingerprint density at radius 2 is 2.15 bits per heavy atom. The van der Waals surface area contributed by atoms with E-state index < -0.39 is 0 Å². The van der Waals surface area contributed by atoms with E-state index >= 15 is 0 Å². The first-order valence-corrected chi connectivity index (χ1v) is 8.55. The van der Waals surface area contributed by atoms with Gasteiger partial charge in [0.2, 0.25) is 11.4 Å². The summed E-state index contributed by atoms with van der Waals surface area (Å²) in [6.07, 6.45) is 4.61. The highest BCUT2D eigenvalue weighted by Crippen LogP contribution is 2.21. The predicted octanol–water partition coefficient (Wildman–Crippen LogP) is 2.00. The van der Waals surface area contributed by atoms with Gasteiger partial charge in [-0.15, -0.1) is 0 Å². The molecule has 1 fully saturated rings. The highest BCUT2D eigenvalue weighted by molar-refractivity contribution is 6.05. The van der Waals surface area contributed by atoms with E-state index in [2.05, 4.69) is 15.0 Å². The first-order valence-electron chi connectivity index (χ1n) is 8.55. The standard InChI is InChI=1S/C19H18N4O3/c24-17-10-15(14-5-1-2-6-16(14)22-17)19(25)23-9-3-4-13(11-23)26-18-7-8-20-12-21-18/h1-2,5-8,10,12-13H,3-4,9,11H2,(H,22,24). The summed E-state index contributed by atoms with van der Waals surface area (Å²) in [7, 11) is 0. The van der Waals surface area contributed by atoms with Gasteiger partial charge in [-0.25, -0.2) is 9.97 Å². The molecule has 0 aliphatic carbocycles. The first kappa shape index (κ1) is 16.3. The van der Waals surface area contributed by atoms with E-state index in [4.69, 9.17) is 4.74 Å². The van der Waals surface area contributed by atoms with Gasteiger partial charge in [-0.1, -0.05) is 18.2 Å². The molecule has 1 aliphatic rings. The Morgan fingerprint density at radius 3 is 3.00 bits per heavy atom. The van der Waals surface area contributed by atoms with E-state index in [1.54, 1.807) is 23.2 Å². The molecule has 0 radical (unpaired) electrons. The summed E-state index contributed by atoms with van der Waals surface area (Å²) < 4.78 is 5.87. The summed E-state index contributed by atoms with van der Waals surface area (Å²) in [5.74, 6) is 0.351. The number of pyridine rings is 1. The van der Waals surface area contributed by atoms with Crippen molar-refractivity contribution in [3.63, 3.8) is 0 Å². The maximum atomic E-state index is 13.1. The van der Waals surface area contributed by atoms with Crippen LogP contribution >= 0.6 is 0 Å². The molecule has 1 saturated heterocycles. The molecule has 4 rings (SSSR count). The van der Waals surface area contributed by atoms with Crippen LogP contribution in [0.15, 0.2) is 53.7 Å². The molecule has 1 unspecified atom stereocenters. The molecule has 3 heterocycles. The lowest BCUT2D eigenvalue weighted by Crippen LogP contribution is -2.44. The summed E-state index contributed by atoms with van der Waals surface area (Å²) in [6.45, 7) is 1.10. The minimum atomic E-state index is -0.280. The highest BCUT2D eigenvalue weighted by atomic mass is 16.5. The van der Waals surface area contributed by atoms with Crippen molar-refractivity contribution in [3.05, 3.63) is 64.8 Å². The monoisotopic (exact) mass is 350 g/mol. The van der Waals surface area contributed by atoms with Crippen LogP contribution in [0.5, 0.6) is 5.88 Å². The zero-order chi connectivity index (χ0) is 17.9. The molecule has 0 saturated carbocycles. The van der Waals surface area contributed by atoms with E-state index in [0.29, 0.717) is 30.0 Å². The minimum Gasteiger partial charge on any atom is -0.472 e. The molecular formula is C19H18N4O3. The van der Waals surface area contributed by atoms with Crippen molar-refractivity contribution in [3.8, 4) is 5.88 Å². The van der Waals surface area contributed by atoms with Gasteiger partial charge < -0.3 is 14.6 Å². The number of nitrogens with one attached hydrogen (secondary N) is 1. The van der Waals surface area contributed by atoms with Crippen molar-refractivity contribution in [2.75, 3.05) is 13.1 Å². The fourth-order valence-electron chi connectivity index (χ4n) is 3.29. The zero-order valence-corrected chi connectivity index (χ0v) is 14.1. The van der Waals surface area contributed by atoms with Crippen LogP contribution in [0.25, 0.3) is 10.9 Å².